The van der Waals surface area contributed by atoms with E-state index in [-0.39, 0.29) is 35.8 Å². The number of aromatic hydroxyl groups is 1. The molecule has 356 valence electrons. The van der Waals surface area contributed by atoms with Gasteiger partial charge < -0.3 is 44.9 Å². The highest BCUT2D eigenvalue weighted by Crippen LogP contribution is 2.47. The molecule has 3 heterocycles. The Kier molecular flexibility index (Phi) is 14.9. The zero-order chi connectivity index (χ0) is 46.7. The number of hydrogen-bond donors (Lipinski definition) is 5. The molecule has 3 saturated carbocycles. The summed E-state index contributed by atoms with van der Waals surface area (Å²) in [6, 6.07) is 6.05. The standard InChI is InChI=1S/C48H69N7O9S/c1-7-31-28-48(31,44(60)53-65(62)47(5)22-23-47)52-42(58)36-19-13-25-55(36)43(59)40(46(2,3)4)51-45(61)64-37-27-30(37)15-9-8-10-17-34-39(33-16-11-12-18-35(33)50-41(34)57)63-26-14-24-54(6)29-32-20-21-38(56)49-32/h7,11-12,16,18,30-32,36-37,40H,1,8-10,13-15,17,19-29H2,2-6H3,(H,49,56)(H,50,57)(H,51,61)(H,52,58)(H,53,60)/t30?,31-,32?,36?,37-,40-,48-,65-/m1/s1. The van der Waals surface area contributed by atoms with Gasteiger partial charge in [-0.15, -0.1) is 6.58 Å². The van der Waals surface area contributed by atoms with Crippen molar-refractivity contribution in [2.24, 2.45) is 17.3 Å². The van der Waals surface area contributed by atoms with Crippen molar-refractivity contribution < 1.29 is 43.1 Å². The number of alkyl carbamates (subject to hydrolysis) is 1. The van der Waals surface area contributed by atoms with E-state index >= 15 is 0 Å². The first kappa shape index (κ1) is 48.3. The minimum atomic E-state index is -1.58. The highest BCUT2D eigenvalue weighted by molar-refractivity contribution is 7.91. The van der Waals surface area contributed by atoms with Crippen LogP contribution in [0.4, 0.5) is 4.79 Å². The van der Waals surface area contributed by atoms with Gasteiger partial charge in [-0.05, 0) is 95.2 Å². The summed E-state index contributed by atoms with van der Waals surface area (Å²) in [6.07, 6.45) is 10.6. The molecule has 17 heteroatoms. The molecule has 5 amide bonds. The van der Waals surface area contributed by atoms with Crippen LogP contribution in [0.5, 0.6) is 11.6 Å². The summed E-state index contributed by atoms with van der Waals surface area (Å²) in [5.74, 6) is -0.702. The SMILES string of the molecule is C=C[C@@H]1C[C@]1(NC(=O)C1CCCN1C(=O)[C@@H](NC(=O)O[C@@H]1CC1CCCCCc1c(O)nc2ccccc2c1OCCCN(C)CC1CCC(=O)N1)C(C)(C)C)C(=O)N[S@+]([O-])C1(C)CC1. The average molecular weight is 920 g/mol. The van der Waals surface area contributed by atoms with Crippen molar-refractivity contribution in [3.63, 3.8) is 0 Å². The zero-order valence-electron chi connectivity index (χ0n) is 38.7. The number of amides is 5. The first-order valence-corrected chi connectivity index (χ1v) is 24.7. The van der Waals surface area contributed by atoms with Crippen LogP contribution in [-0.4, -0.2) is 122 Å². The van der Waals surface area contributed by atoms with Crippen LogP contribution in [0.25, 0.3) is 10.9 Å². The molecule has 2 aromatic rings. The number of fused-ring (bicyclic) bond motifs is 1. The summed E-state index contributed by atoms with van der Waals surface area (Å²) in [7, 11) is 2.05. The van der Waals surface area contributed by atoms with Crippen LogP contribution in [0.2, 0.25) is 0 Å². The molecular weight excluding hydrogens is 851 g/mol. The molecule has 0 radical (unpaired) electrons. The summed E-state index contributed by atoms with van der Waals surface area (Å²) in [5.41, 5.74) is -0.597. The van der Waals surface area contributed by atoms with E-state index in [1.807, 2.05) is 59.0 Å². The van der Waals surface area contributed by atoms with E-state index in [9.17, 15) is 33.6 Å². The third kappa shape index (κ3) is 11.7. The van der Waals surface area contributed by atoms with Crippen LogP contribution in [0.3, 0.4) is 0 Å². The Morgan fingerprint density at radius 3 is 2.62 bits per heavy atom. The summed E-state index contributed by atoms with van der Waals surface area (Å²) >= 11 is -1.58. The molecule has 3 unspecified atom stereocenters. The maximum atomic E-state index is 14.2. The Labute approximate surface area is 386 Å². The van der Waals surface area contributed by atoms with E-state index < -0.39 is 63.0 Å². The number of hydrogen-bond acceptors (Lipinski definition) is 11. The Bertz CT molecular complexity index is 2110. The van der Waals surface area contributed by atoms with Crippen LogP contribution in [-0.2, 0) is 41.7 Å². The fourth-order valence-corrected chi connectivity index (χ4v) is 10.4. The molecule has 8 atom stereocenters. The first-order chi connectivity index (χ1) is 30.9. The van der Waals surface area contributed by atoms with Crippen LogP contribution in [0, 0.1) is 17.3 Å². The van der Waals surface area contributed by atoms with Gasteiger partial charge in [0.2, 0.25) is 23.6 Å². The number of unbranched alkanes of at least 4 members (excludes halogenated alkanes) is 2. The van der Waals surface area contributed by atoms with E-state index in [0.717, 1.165) is 76.3 Å². The number of likely N-dealkylation sites (tertiary alicyclic amines) is 1. The van der Waals surface area contributed by atoms with Crippen molar-refractivity contribution in [1.82, 2.24) is 35.5 Å². The summed E-state index contributed by atoms with van der Waals surface area (Å²) in [4.78, 5) is 74.4. The van der Waals surface area contributed by atoms with E-state index in [1.165, 1.54) is 4.90 Å². The molecular formula is C48H69N7O9S. The topological polar surface area (TPSA) is 215 Å². The van der Waals surface area contributed by atoms with Crippen molar-refractivity contribution in [3.8, 4) is 11.6 Å². The lowest BCUT2D eigenvalue weighted by atomic mass is 9.85. The maximum Gasteiger partial charge on any atom is 0.408 e. The molecule has 0 bridgehead atoms. The predicted octanol–water partition coefficient (Wildman–Crippen LogP) is 4.94. The minimum Gasteiger partial charge on any atom is -0.593 e. The molecule has 2 aliphatic heterocycles. The Hall–Kier alpha value is -4.61. The van der Waals surface area contributed by atoms with Crippen molar-refractivity contribution in [1.29, 1.82) is 0 Å². The fourth-order valence-electron chi connectivity index (χ4n) is 9.35. The number of benzene rings is 1. The van der Waals surface area contributed by atoms with Crippen LogP contribution in [0.1, 0.15) is 117 Å². The van der Waals surface area contributed by atoms with Gasteiger partial charge in [0.15, 0.2) is 0 Å². The van der Waals surface area contributed by atoms with E-state index in [0.29, 0.717) is 62.1 Å². The van der Waals surface area contributed by atoms with Gasteiger partial charge in [0.1, 0.15) is 34.2 Å². The molecule has 5 fully saturated rings. The molecule has 5 N–H and O–H groups in total. The van der Waals surface area contributed by atoms with Gasteiger partial charge >= 0.3 is 6.09 Å². The molecule has 1 aromatic carbocycles. The van der Waals surface area contributed by atoms with Crippen molar-refractivity contribution in [2.45, 2.75) is 152 Å². The minimum absolute atomic E-state index is 0.0176. The quantitative estimate of drug-likeness (QED) is 0.0607. The van der Waals surface area contributed by atoms with Gasteiger partial charge in [-0.3, -0.25) is 19.2 Å². The summed E-state index contributed by atoms with van der Waals surface area (Å²) < 4.78 is 27.2. The number of nitrogens with zero attached hydrogens (tertiary/aromatic N) is 3. The smallest absolute Gasteiger partial charge is 0.408 e. The number of carbonyl (C=O) groups excluding carboxylic acids is 5. The number of ether oxygens (including phenoxy) is 2. The van der Waals surface area contributed by atoms with Gasteiger partial charge in [-0.25, -0.2) is 9.78 Å². The monoisotopic (exact) mass is 919 g/mol. The van der Waals surface area contributed by atoms with E-state index in [2.05, 4.69) is 37.1 Å². The Morgan fingerprint density at radius 1 is 1.15 bits per heavy atom. The largest absolute Gasteiger partial charge is 0.593 e. The highest BCUT2D eigenvalue weighted by Gasteiger charge is 2.63. The van der Waals surface area contributed by atoms with Crippen LogP contribution < -0.4 is 25.4 Å². The number of likely N-dealkylation sites (N-methyl/N-ethyl adjacent to an activating group) is 1. The van der Waals surface area contributed by atoms with E-state index in [1.54, 1.807) is 6.08 Å². The molecule has 16 nitrogen and oxygen atoms in total. The second kappa shape index (κ2) is 20.1. The van der Waals surface area contributed by atoms with Gasteiger partial charge in [0, 0.05) is 56.2 Å². The molecule has 65 heavy (non-hydrogen) atoms. The number of carbonyl (C=O) groups is 5. The normalized spacial score (nSPS) is 26.2. The van der Waals surface area contributed by atoms with Gasteiger partial charge in [-0.1, -0.05) is 51.8 Å². The van der Waals surface area contributed by atoms with Crippen molar-refractivity contribution in [2.75, 3.05) is 33.3 Å². The Morgan fingerprint density at radius 2 is 1.92 bits per heavy atom. The van der Waals surface area contributed by atoms with Crippen LogP contribution in [0.15, 0.2) is 36.9 Å². The molecule has 0 spiro atoms. The molecule has 5 aliphatic rings. The second-order valence-corrected chi connectivity index (χ2v) is 22.1. The van der Waals surface area contributed by atoms with Gasteiger partial charge in [0.05, 0.1) is 29.0 Å². The highest BCUT2D eigenvalue weighted by atomic mass is 32.2. The lowest BCUT2D eigenvalue weighted by molar-refractivity contribution is -0.142. The fraction of sp³-hybridized carbons (Fsp3) is 0.667. The summed E-state index contributed by atoms with van der Waals surface area (Å²) in [5, 5.41) is 20.6. The number of para-hydroxylation sites is 1. The molecule has 1 aromatic heterocycles. The first-order valence-electron chi connectivity index (χ1n) is 23.6. The number of nitrogens with one attached hydrogen (secondary N) is 4. The lowest BCUT2D eigenvalue weighted by Gasteiger charge is -2.35. The van der Waals surface area contributed by atoms with Crippen molar-refractivity contribution >= 4 is 52.0 Å². The predicted molar refractivity (Wildman–Crippen MR) is 247 cm³/mol. The number of rotatable bonds is 22. The van der Waals surface area contributed by atoms with E-state index in [4.69, 9.17) is 9.47 Å². The van der Waals surface area contributed by atoms with Crippen LogP contribution >= 0.6 is 0 Å². The second-order valence-electron chi connectivity index (χ2n) is 20.4. The molecule has 3 aliphatic carbocycles. The third-order valence-electron chi connectivity index (χ3n) is 13.9. The van der Waals surface area contributed by atoms with Gasteiger partial charge in [-0.2, -0.15) is 4.72 Å². The van der Waals surface area contributed by atoms with Crippen molar-refractivity contribution in [3.05, 3.63) is 42.5 Å². The average Bonchev–Trinajstić information content (AvgIpc) is 4.21. The lowest BCUT2D eigenvalue weighted by Crippen LogP contribution is -2.60. The van der Waals surface area contributed by atoms with Gasteiger partial charge in [0.25, 0.3) is 5.91 Å². The molecule has 7 rings (SSSR count). The number of aromatic nitrogens is 1. The number of pyridine rings is 1. The maximum absolute atomic E-state index is 14.2. The third-order valence-corrected chi connectivity index (χ3v) is 15.6. The Balaban J connectivity index is 0.854. The zero-order valence-corrected chi connectivity index (χ0v) is 39.6. The summed E-state index contributed by atoms with van der Waals surface area (Å²) in [6.45, 7) is 13.6. The molecule has 2 saturated heterocycles.